The van der Waals surface area contributed by atoms with Gasteiger partial charge in [-0.15, -0.1) is 11.3 Å². The molecule has 4 rings (SSSR count). The monoisotopic (exact) mass is 392 g/mol. The lowest BCUT2D eigenvalue weighted by Crippen LogP contribution is -2.33. The van der Waals surface area contributed by atoms with Gasteiger partial charge in [-0.1, -0.05) is 42.5 Å². The molecular weight excluding hydrogens is 368 g/mol. The van der Waals surface area contributed by atoms with Crippen LogP contribution in [0.15, 0.2) is 60.1 Å². The molecule has 5 heteroatoms. The molecule has 1 saturated heterocycles. The second-order valence-electron chi connectivity index (χ2n) is 7.40. The first-order chi connectivity index (χ1) is 13.7. The van der Waals surface area contributed by atoms with Gasteiger partial charge in [0.15, 0.2) is 0 Å². The number of thiazole rings is 1. The van der Waals surface area contributed by atoms with Crippen molar-refractivity contribution in [1.82, 2.24) is 9.88 Å². The van der Waals surface area contributed by atoms with Crippen LogP contribution in [0.5, 0.6) is 0 Å². The number of aromatic carboxylic acids is 1. The minimum atomic E-state index is -0.889. The lowest BCUT2D eigenvalue weighted by Gasteiger charge is -2.31. The smallest absolute Gasteiger partial charge is 0.336 e. The summed E-state index contributed by atoms with van der Waals surface area (Å²) in [5.41, 5.74) is 3.33. The molecule has 0 bridgehead atoms. The van der Waals surface area contributed by atoms with E-state index in [1.807, 2.05) is 30.5 Å². The molecule has 3 aromatic rings. The molecule has 0 amide bonds. The molecule has 0 unspecified atom stereocenters. The van der Waals surface area contributed by atoms with Crippen molar-refractivity contribution >= 4 is 17.3 Å². The van der Waals surface area contributed by atoms with Gasteiger partial charge in [0, 0.05) is 24.5 Å². The first-order valence-electron chi connectivity index (χ1n) is 9.71. The molecule has 1 aliphatic heterocycles. The highest BCUT2D eigenvalue weighted by molar-refractivity contribution is 7.09. The Morgan fingerprint density at radius 1 is 1.11 bits per heavy atom. The maximum Gasteiger partial charge on any atom is 0.336 e. The van der Waals surface area contributed by atoms with E-state index in [0.29, 0.717) is 5.56 Å². The number of benzene rings is 2. The van der Waals surface area contributed by atoms with E-state index in [1.54, 1.807) is 23.5 Å². The fourth-order valence-corrected chi connectivity index (χ4v) is 4.65. The standard InChI is InChI=1S/C23H24N2O2S/c26-23(27)21-4-2-1-3-20(21)19-7-5-18(6-8-19)16-25-12-9-17(10-13-25)15-22-24-11-14-28-22/h1-8,11,14,17H,9-10,12-13,15-16H2,(H,26,27). The van der Waals surface area contributed by atoms with Crippen molar-refractivity contribution in [2.75, 3.05) is 13.1 Å². The molecule has 0 spiro atoms. The Morgan fingerprint density at radius 2 is 1.86 bits per heavy atom. The first-order valence-corrected chi connectivity index (χ1v) is 10.6. The molecule has 1 fully saturated rings. The number of carbonyl (C=O) groups is 1. The quantitative estimate of drug-likeness (QED) is 0.644. The predicted octanol–water partition coefficient (Wildman–Crippen LogP) is 4.96. The summed E-state index contributed by atoms with van der Waals surface area (Å²) in [4.78, 5) is 18.4. The van der Waals surface area contributed by atoms with Gasteiger partial charge in [-0.05, 0) is 54.6 Å². The highest BCUT2D eigenvalue weighted by Gasteiger charge is 2.20. The summed E-state index contributed by atoms with van der Waals surface area (Å²) in [5.74, 6) is -0.141. The summed E-state index contributed by atoms with van der Waals surface area (Å²) >= 11 is 1.76. The maximum atomic E-state index is 11.4. The fraction of sp³-hybridized carbons (Fsp3) is 0.304. The zero-order valence-corrected chi connectivity index (χ0v) is 16.6. The van der Waals surface area contributed by atoms with Crippen molar-refractivity contribution in [2.45, 2.75) is 25.8 Å². The number of hydrogen-bond donors (Lipinski definition) is 1. The average Bonchev–Trinajstić information content (AvgIpc) is 3.23. The van der Waals surface area contributed by atoms with Crippen LogP contribution < -0.4 is 0 Å². The zero-order valence-electron chi connectivity index (χ0n) is 15.8. The molecule has 144 valence electrons. The van der Waals surface area contributed by atoms with Gasteiger partial charge in [-0.25, -0.2) is 9.78 Å². The highest BCUT2D eigenvalue weighted by atomic mass is 32.1. The third kappa shape index (κ3) is 4.49. The molecule has 0 atom stereocenters. The predicted molar refractivity (Wildman–Crippen MR) is 113 cm³/mol. The largest absolute Gasteiger partial charge is 0.478 e. The van der Waals surface area contributed by atoms with Crippen molar-refractivity contribution in [1.29, 1.82) is 0 Å². The SMILES string of the molecule is O=C(O)c1ccccc1-c1ccc(CN2CCC(Cc3nccs3)CC2)cc1. The van der Waals surface area contributed by atoms with E-state index < -0.39 is 5.97 Å². The van der Waals surface area contributed by atoms with Gasteiger partial charge >= 0.3 is 5.97 Å². The van der Waals surface area contributed by atoms with Gasteiger partial charge in [0.1, 0.15) is 0 Å². The fourth-order valence-electron chi connectivity index (χ4n) is 3.92. The van der Waals surface area contributed by atoms with Gasteiger partial charge in [0.25, 0.3) is 0 Å². The van der Waals surface area contributed by atoms with Gasteiger partial charge in [0.05, 0.1) is 10.6 Å². The molecule has 2 heterocycles. The Balaban J connectivity index is 1.35. The highest BCUT2D eigenvalue weighted by Crippen LogP contribution is 2.26. The molecule has 1 aliphatic rings. The van der Waals surface area contributed by atoms with E-state index in [0.717, 1.165) is 43.1 Å². The minimum absolute atomic E-state index is 0.345. The van der Waals surface area contributed by atoms with Crippen LogP contribution in [0.2, 0.25) is 0 Å². The van der Waals surface area contributed by atoms with Crippen LogP contribution in [-0.2, 0) is 13.0 Å². The van der Waals surface area contributed by atoms with Gasteiger partial charge in [0.2, 0.25) is 0 Å². The van der Waals surface area contributed by atoms with Crippen LogP contribution in [0.1, 0.15) is 33.8 Å². The molecule has 2 aromatic carbocycles. The summed E-state index contributed by atoms with van der Waals surface area (Å²) in [6.45, 7) is 3.20. The Morgan fingerprint density at radius 3 is 2.54 bits per heavy atom. The van der Waals surface area contributed by atoms with Crippen LogP contribution in [0, 0.1) is 5.92 Å². The third-order valence-corrected chi connectivity index (χ3v) is 6.28. The third-order valence-electron chi connectivity index (χ3n) is 5.48. The summed E-state index contributed by atoms with van der Waals surface area (Å²) in [6.07, 6.45) is 5.46. The first kappa shape index (κ1) is 18.8. The van der Waals surface area contributed by atoms with Crippen molar-refractivity contribution in [2.24, 2.45) is 5.92 Å². The number of carboxylic acid groups (broad SMARTS) is 1. The summed E-state index contributed by atoms with van der Waals surface area (Å²) in [6, 6.07) is 15.5. The second-order valence-corrected chi connectivity index (χ2v) is 8.38. The molecule has 28 heavy (non-hydrogen) atoms. The van der Waals surface area contributed by atoms with E-state index in [2.05, 4.69) is 27.4 Å². The maximum absolute atomic E-state index is 11.4. The number of aromatic nitrogens is 1. The Hall–Kier alpha value is -2.50. The van der Waals surface area contributed by atoms with E-state index >= 15 is 0 Å². The normalized spacial score (nSPS) is 15.6. The number of hydrogen-bond acceptors (Lipinski definition) is 4. The van der Waals surface area contributed by atoms with Crippen molar-refractivity contribution in [3.63, 3.8) is 0 Å². The molecule has 0 saturated carbocycles. The minimum Gasteiger partial charge on any atom is -0.478 e. The van der Waals surface area contributed by atoms with Crippen molar-refractivity contribution < 1.29 is 9.90 Å². The average molecular weight is 393 g/mol. The molecule has 4 nitrogen and oxygen atoms in total. The molecule has 0 aliphatic carbocycles. The number of carboxylic acids is 1. The van der Waals surface area contributed by atoms with E-state index in [-0.39, 0.29) is 0 Å². The van der Waals surface area contributed by atoms with Gasteiger partial charge < -0.3 is 5.11 Å². The Kier molecular flexibility index (Phi) is 5.84. The topological polar surface area (TPSA) is 53.4 Å². The molecule has 1 N–H and O–H groups in total. The molecule has 1 aromatic heterocycles. The van der Waals surface area contributed by atoms with Crippen molar-refractivity contribution in [3.8, 4) is 11.1 Å². The van der Waals surface area contributed by atoms with E-state index in [1.165, 1.54) is 23.4 Å². The van der Waals surface area contributed by atoms with Crippen LogP contribution in [-0.4, -0.2) is 34.0 Å². The Labute approximate surface area is 169 Å². The lowest BCUT2D eigenvalue weighted by molar-refractivity contribution is 0.0697. The number of piperidine rings is 1. The van der Waals surface area contributed by atoms with Crippen LogP contribution >= 0.6 is 11.3 Å². The number of rotatable bonds is 6. The van der Waals surface area contributed by atoms with E-state index in [4.69, 9.17) is 0 Å². The van der Waals surface area contributed by atoms with Crippen molar-refractivity contribution in [3.05, 3.63) is 76.2 Å². The van der Waals surface area contributed by atoms with Gasteiger partial charge in [-0.3, -0.25) is 4.90 Å². The van der Waals surface area contributed by atoms with E-state index in [9.17, 15) is 9.90 Å². The van der Waals surface area contributed by atoms with Crippen LogP contribution in [0.4, 0.5) is 0 Å². The number of nitrogens with zero attached hydrogens (tertiary/aromatic N) is 2. The van der Waals surface area contributed by atoms with Crippen LogP contribution in [0.3, 0.4) is 0 Å². The Bertz CT molecular complexity index is 914. The van der Waals surface area contributed by atoms with Crippen LogP contribution in [0.25, 0.3) is 11.1 Å². The summed E-state index contributed by atoms with van der Waals surface area (Å²) in [7, 11) is 0. The lowest BCUT2D eigenvalue weighted by atomic mass is 9.93. The van der Waals surface area contributed by atoms with Gasteiger partial charge in [-0.2, -0.15) is 0 Å². The zero-order chi connectivity index (χ0) is 19.3. The summed E-state index contributed by atoms with van der Waals surface area (Å²) in [5, 5.41) is 12.7. The molecule has 0 radical (unpaired) electrons. The number of likely N-dealkylation sites (tertiary alicyclic amines) is 1. The molecular formula is C23H24N2O2S. The second kappa shape index (κ2) is 8.67. The summed E-state index contributed by atoms with van der Waals surface area (Å²) < 4.78 is 0.